The molecule has 3 rings (SSSR count). The molecule has 8 heteroatoms. The number of halogens is 1. The lowest BCUT2D eigenvalue weighted by Crippen LogP contribution is -2.23. The number of aromatic nitrogens is 1. The topological polar surface area (TPSA) is 92.0 Å². The summed E-state index contributed by atoms with van der Waals surface area (Å²) < 4.78 is 22.1. The summed E-state index contributed by atoms with van der Waals surface area (Å²) >= 11 is 0. The highest BCUT2D eigenvalue weighted by Gasteiger charge is 2.30. The maximum absolute atomic E-state index is 14.9. The number of nitrogens with zero attached hydrogens (tertiary/aromatic N) is 2. The Bertz CT molecular complexity index is 936. The molecule has 0 bridgehead atoms. The number of methoxy groups -OCH3 is 1. The molecule has 7 nitrogen and oxygen atoms in total. The molecule has 0 amide bonds. The van der Waals surface area contributed by atoms with E-state index in [2.05, 4.69) is 0 Å². The lowest BCUT2D eigenvalue weighted by atomic mass is 10.1. The van der Waals surface area contributed by atoms with Crippen LogP contribution >= 0.6 is 0 Å². The van der Waals surface area contributed by atoms with Gasteiger partial charge in [-0.05, 0) is 31.7 Å². The number of aromatic carboxylic acids is 1. The summed E-state index contributed by atoms with van der Waals surface area (Å²) in [7, 11) is 3.13. The van der Waals surface area contributed by atoms with Gasteiger partial charge in [0, 0.05) is 32.4 Å². The van der Waals surface area contributed by atoms with Gasteiger partial charge in [-0.15, -0.1) is 0 Å². The summed E-state index contributed by atoms with van der Waals surface area (Å²) in [4.78, 5) is 25.8. The van der Waals surface area contributed by atoms with Crippen molar-refractivity contribution in [3.63, 3.8) is 0 Å². The Morgan fingerprint density at radius 3 is 2.67 bits per heavy atom. The third-order valence-corrected chi connectivity index (χ3v) is 4.86. The van der Waals surface area contributed by atoms with E-state index in [1.807, 2.05) is 0 Å². The number of carboxylic acids is 1. The van der Waals surface area contributed by atoms with Crippen LogP contribution in [0.15, 0.2) is 17.1 Å². The van der Waals surface area contributed by atoms with E-state index in [0.717, 1.165) is 18.9 Å². The fourth-order valence-electron chi connectivity index (χ4n) is 3.36. The van der Waals surface area contributed by atoms with Gasteiger partial charge in [-0.25, -0.2) is 9.18 Å². The van der Waals surface area contributed by atoms with Gasteiger partial charge in [-0.2, -0.15) is 0 Å². The van der Waals surface area contributed by atoms with Crippen molar-refractivity contribution in [1.82, 2.24) is 4.57 Å². The standard InChI is InChI=1S/C19H23FN2O5/c1-21(7-3-4-8-23)16-14(20)9-12-15(18(16)27-2)22(11-5-6-11)10-13(17(12)24)19(25)26/h9-11,23H,3-8H2,1-2H3,(H,25,26). The van der Waals surface area contributed by atoms with E-state index in [0.29, 0.717) is 24.9 Å². The summed E-state index contributed by atoms with van der Waals surface area (Å²) in [5.74, 6) is -1.76. The number of fused-ring (bicyclic) bond motifs is 1. The number of hydrogen-bond donors (Lipinski definition) is 2. The largest absolute Gasteiger partial charge is 0.492 e. The quantitative estimate of drug-likeness (QED) is 0.686. The van der Waals surface area contributed by atoms with Gasteiger partial charge in [0.25, 0.3) is 0 Å². The highest BCUT2D eigenvalue weighted by molar-refractivity contribution is 5.97. The highest BCUT2D eigenvalue weighted by atomic mass is 19.1. The third-order valence-electron chi connectivity index (χ3n) is 4.86. The van der Waals surface area contributed by atoms with Crippen molar-refractivity contribution < 1.29 is 24.1 Å². The zero-order valence-electron chi connectivity index (χ0n) is 15.4. The molecule has 1 aromatic heterocycles. The van der Waals surface area contributed by atoms with Crippen LogP contribution in [-0.4, -0.2) is 48.1 Å². The normalized spacial score (nSPS) is 13.8. The molecule has 1 aliphatic carbocycles. The maximum Gasteiger partial charge on any atom is 0.341 e. The SMILES string of the molecule is COc1c(N(C)CCCCO)c(F)cc2c(=O)c(C(=O)O)cn(C3CC3)c12. The number of pyridine rings is 1. The predicted octanol–water partition coefficient (Wildman–Crippen LogP) is 2.39. The van der Waals surface area contributed by atoms with Gasteiger partial charge >= 0.3 is 5.97 Å². The van der Waals surface area contributed by atoms with E-state index in [9.17, 15) is 19.1 Å². The van der Waals surface area contributed by atoms with Crippen molar-refractivity contribution in [3.05, 3.63) is 33.9 Å². The highest BCUT2D eigenvalue weighted by Crippen LogP contribution is 2.43. The Hall–Kier alpha value is -2.61. The number of aliphatic hydroxyl groups is 1. The summed E-state index contributed by atoms with van der Waals surface area (Å²) in [6.07, 6.45) is 4.32. The number of rotatable bonds is 8. The minimum absolute atomic E-state index is 0.00339. The Morgan fingerprint density at radius 1 is 1.41 bits per heavy atom. The summed E-state index contributed by atoms with van der Waals surface area (Å²) in [5, 5.41) is 18.3. The van der Waals surface area contributed by atoms with Gasteiger partial charge in [-0.3, -0.25) is 4.79 Å². The van der Waals surface area contributed by atoms with Crippen LogP contribution in [0.25, 0.3) is 10.9 Å². The second-order valence-corrected chi connectivity index (χ2v) is 6.80. The minimum Gasteiger partial charge on any atom is -0.492 e. The summed E-state index contributed by atoms with van der Waals surface area (Å²) in [6.45, 7) is 0.560. The molecule has 27 heavy (non-hydrogen) atoms. The maximum atomic E-state index is 14.9. The molecule has 0 spiro atoms. The molecule has 0 saturated heterocycles. The van der Waals surface area contributed by atoms with Gasteiger partial charge in [0.2, 0.25) is 5.43 Å². The number of carbonyl (C=O) groups is 1. The van der Waals surface area contributed by atoms with Crippen LogP contribution in [0, 0.1) is 5.82 Å². The molecule has 0 radical (unpaired) electrons. The zero-order chi connectivity index (χ0) is 19.7. The molecule has 0 atom stereocenters. The number of benzene rings is 1. The fraction of sp³-hybridized carbons (Fsp3) is 0.474. The van der Waals surface area contributed by atoms with E-state index >= 15 is 0 Å². The van der Waals surface area contributed by atoms with E-state index in [4.69, 9.17) is 9.84 Å². The molecule has 0 unspecified atom stereocenters. The first-order chi connectivity index (χ1) is 12.9. The molecule has 1 heterocycles. The van der Waals surface area contributed by atoms with Crippen LogP contribution in [0.2, 0.25) is 0 Å². The number of anilines is 1. The van der Waals surface area contributed by atoms with Crippen LogP contribution in [0.4, 0.5) is 10.1 Å². The molecular weight excluding hydrogens is 355 g/mol. The predicted molar refractivity (Wildman–Crippen MR) is 99.5 cm³/mol. The number of hydrogen-bond acceptors (Lipinski definition) is 5. The number of ether oxygens (including phenoxy) is 1. The van der Waals surface area contributed by atoms with Gasteiger partial charge in [0.1, 0.15) is 11.3 Å². The second-order valence-electron chi connectivity index (χ2n) is 6.80. The number of unbranched alkanes of at least 4 members (excludes halogenated alkanes) is 1. The van der Waals surface area contributed by atoms with Gasteiger partial charge < -0.3 is 24.4 Å². The first kappa shape index (κ1) is 19.2. The monoisotopic (exact) mass is 378 g/mol. The van der Waals surface area contributed by atoms with Gasteiger partial charge in [-0.1, -0.05) is 0 Å². The van der Waals surface area contributed by atoms with Crippen molar-refractivity contribution in [2.75, 3.05) is 32.2 Å². The summed E-state index contributed by atoms with van der Waals surface area (Å²) in [5.41, 5.74) is -0.457. The van der Waals surface area contributed by atoms with Crippen molar-refractivity contribution in [2.24, 2.45) is 0 Å². The van der Waals surface area contributed by atoms with Gasteiger partial charge in [0.15, 0.2) is 11.6 Å². The van der Waals surface area contributed by atoms with E-state index in [1.165, 1.54) is 13.3 Å². The average Bonchev–Trinajstić information content (AvgIpc) is 3.46. The first-order valence-corrected chi connectivity index (χ1v) is 8.91. The van der Waals surface area contributed by atoms with E-state index < -0.39 is 17.2 Å². The van der Waals surface area contributed by atoms with Crippen LogP contribution in [0.3, 0.4) is 0 Å². The molecule has 146 valence electrons. The lowest BCUT2D eigenvalue weighted by Gasteiger charge is -2.25. The molecule has 2 N–H and O–H groups in total. The molecule has 1 saturated carbocycles. The smallest absolute Gasteiger partial charge is 0.341 e. The molecule has 1 aliphatic rings. The lowest BCUT2D eigenvalue weighted by molar-refractivity contribution is 0.0695. The zero-order valence-corrected chi connectivity index (χ0v) is 15.4. The molecule has 2 aromatic rings. The molecule has 0 aliphatic heterocycles. The van der Waals surface area contributed by atoms with E-state index in [-0.39, 0.29) is 35.0 Å². The minimum atomic E-state index is -1.33. The van der Waals surface area contributed by atoms with Crippen LogP contribution in [0.5, 0.6) is 5.75 Å². The van der Waals surface area contributed by atoms with Crippen molar-refractivity contribution in [3.8, 4) is 5.75 Å². The molecule has 1 fully saturated rings. The van der Waals surface area contributed by atoms with Crippen LogP contribution < -0.4 is 15.1 Å². The van der Waals surface area contributed by atoms with Crippen molar-refractivity contribution in [1.29, 1.82) is 0 Å². The third kappa shape index (κ3) is 3.49. The summed E-state index contributed by atoms with van der Waals surface area (Å²) in [6, 6.07) is 1.17. The average molecular weight is 378 g/mol. The number of aliphatic hydroxyl groups excluding tert-OH is 1. The number of carboxylic acid groups (broad SMARTS) is 1. The Labute approximate surface area is 155 Å². The second kappa shape index (κ2) is 7.56. The van der Waals surface area contributed by atoms with E-state index in [1.54, 1.807) is 16.5 Å². The van der Waals surface area contributed by atoms with Crippen molar-refractivity contribution in [2.45, 2.75) is 31.7 Å². The Kier molecular flexibility index (Phi) is 5.36. The van der Waals surface area contributed by atoms with Crippen molar-refractivity contribution >= 4 is 22.6 Å². The van der Waals surface area contributed by atoms with Crippen LogP contribution in [-0.2, 0) is 0 Å². The Balaban J connectivity index is 2.26. The first-order valence-electron chi connectivity index (χ1n) is 8.91. The molecular formula is C19H23FN2O5. The molecule has 1 aromatic carbocycles. The van der Waals surface area contributed by atoms with Gasteiger partial charge in [0.05, 0.1) is 18.0 Å². The fourth-order valence-corrected chi connectivity index (χ4v) is 3.36. The Morgan fingerprint density at radius 2 is 2.11 bits per heavy atom. The van der Waals surface area contributed by atoms with Crippen LogP contribution in [0.1, 0.15) is 42.1 Å².